The minimum Gasteiger partial charge on any atom is -0.296 e. The van der Waals surface area contributed by atoms with Crippen LogP contribution in [-0.4, -0.2) is 31.6 Å². The Morgan fingerprint density at radius 3 is 2.75 bits per heavy atom. The number of amides is 1. The number of hydrogen-bond acceptors (Lipinski definition) is 4. The predicted octanol–water partition coefficient (Wildman–Crippen LogP) is 2.13. The Balaban J connectivity index is 2.17. The third kappa shape index (κ3) is 3.70. The Morgan fingerprint density at radius 2 is 2.15 bits per heavy atom. The first-order valence-corrected chi connectivity index (χ1v) is 8.94. The highest BCUT2D eigenvalue weighted by atomic mass is 35.7. The second kappa shape index (κ2) is 5.69. The molecule has 0 bridgehead atoms. The zero-order valence-electron chi connectivity index (χ0n) is 11.4. The molecule has 0 aliphatic carbocycles. The van der Waals surface area contributed by atoms with E-state index in [4.69, 9.17) is 10.7 Å². The van der Waals surface area contributed by atoms with Gasteiger partial charge in [-0.25, -0.2) is 13.4 Å². The molecule has 7 heteroatoms. The zero-order chi connectivity index (χ0) is 14.9. The average Bonchev–Trinajstić information content (AvgIpc) is 2.68. The molecule has 20 heavy (non-hydrogen) atoms. The molecule has 2 heterocycles. The molecule has 5 nitrogen and oxygen atoms in total. The molecule has 0 aromatic carbocycles. The van der Waals surface area contributed by atoms with Crippen molar-refractivity contribution in [3.8, 4) is 0 Å². The Bertz CT molecular complexity index is 616. The molecule has 1 aromatic heterocycles. The molecule has 1 aliphatic heterocycles. The van der Waals surface area contributed by atoms with Crippen molar-refractivity contribution in [2.24, 2.45) is 5.92 Å². The van der Waals surface area contributed by atoms with Crippen LogP contribution in [0.1, 0.15) is 31.9 Å². The van der Waals surface area contributed by atoms with Gasteiger partial charge in [-0.3, -0.25) is 9.69 Å². The van der Waals surface area contributed by atoms with E-state index in [0.717, 1.165) is 5.69 Å². The highest BCUT2D eigenvalue weighted by Gasteiger charge is 2.33. The fourth-order valence-electron chi connectivity index (χ4n) is 2.31. The zero-order valence-corrected chi connectivity index (χ0v) is 13.0. The van der Waals surface area contributed by atoms with E-state index in [1.807, 2.05) is 26.0 Å². The lowest BCUT2D eigenvalue weighted by molar-refractivity contribution is -0.117. The smallest absolute Gasteiger partial charge is 0.232 e. The minimum atomic E-state index is -3.59. The van der Waals surface area contributed by atoms with Crippen molar-refractivity contribution in [1.29, 1.82) is 0 Å². The van der Waals surface area contributed by atoms with Gasteiger partial charge < -0.3 is 0 Å². The van der Waals surface area contributed by atoms with E-state index in [2.05, 4.69) is 4.98 Å². The van der Waals surface area contributed by atoms with Gasteiger partial charge >= 0.3 is 0 Å². The number of aromatic nitrogens is 1. The number of pyridine rings is 1. The maximum atomic E-state index is 12.0. The van der Waals surface area contributed by atoms with E-state index in [9.17, 15) is 13.2 Å². The lowest BCUT2D eigenvalue weighted by Gasteiger charge is -2.17. The minimum absolute atomic E-state index is 0.108. The van der Waals surface area contributed by atoms with E-state index < -0.39 is 9.05 Å². The van der Waals surface area contributed by atoms with Gasteiger partial charge in [0.25, 0.3) is 0 Å². The molecule has 0 saturated carbocycles. The van der Waals surface area contributed by atoms with Crippen LogP contribution in [0.2, 0.25) is 0 Å². The van der Waals surface area contributed by atoms with Gasteiger partial charge in [0.05, 0.1) is 5.75 Å². The molecular formula is C13H17ClN2O3S. The lowest BCUT2D eigenvalue weighted by atomic mass is 10.1. The van der Waals surface area contributed by atoms with Crippen LogP contribution in [0.5, 0.6) is 0 Å². The first-order chi connectivity index (χ1) is 9.26. The Hall–Kier alpha value is -1.14. The van der Waals surface area contributed by atoms with E-state index in [1.54, 1.807) is 11.0 Å². The summed E-state index contributed by atoms with van der Waals surface area (Å²) in [6.45, 7) is 4.40. The standard InChI is InChI=1S/C13H17ClN2O3S/c1-9(2)11-4-3-5-12(15-11)16-7-10(6-13(16)17)8-20(14,18)19/h3-5,9-10H,6-8H2,1-2H3. The second-order valence-corrected chi connectivity index (χ2v) is 8.18. The Morgan fingerprint density at radius 1 is 1.45 bits per heavy atom. The van der Waals surface area contributed by atoms with Gasteiger partial charge in [0.1, 0.15) is 5.82 Å². The van der Waals surface area contributed by atoms with E-state index in [0.29, 0.717) is 12.4 Å². The molecule has 1 unspecified atom stereocenters. The van der Waals surface area contributed by atoms with Crippen molar-refractivity contribution in [3.05, 3.63) is 23.9 Å². The van der Waals surface area contributed by atoms with Crippen molar-refractivity contribution in [2.75, 3.05) is 17.2 Å². The van der Waals surface area contributed by atoms with E-state index in [1.165, 1.54) is 0 Å². The molecule has 0 N–H and O–H groups in total. The number of rotatable bonds is 4. The van der Waals surface area contributed by atoms with Crippen molar-refractivity contribution < 1.29 is 13.2 Å². The fraction of sp³-hybridized carbons (Fsp3) is 0.538. The maximum absolute atomic E-state index is 12.0. The molecule has 1 amide bonds. The summed E-state index contributed by atoms with van der Waals surface area (Å²) in [6.07, 6.45) is 0.194. The van der Waals surface area contributed by atoms with Gasteiger partial charge in [-0.15, -0.1) is 0 Å². The Kier molecular flexibility index (Phi) is 4.34. The van der Waals surface area contributed by atoms with Crippen molar-refractivity contribution in [1.82, 2.24) is 4.98 Å². The van der Waals surface area contributed by atoms with Crippen LogP contribution in [0.4, 0.5) is 5.82 Å². The van der Waals surface area contributed by atoms with Gasteiger partial charge in [0.15, 0.2) is 0 Å². The van der Waals surface area contributed by atoms with Crippen LogP contribution in [-0.2, 0) is 13.8 Å². The predicted molar refractivity (Wildman–Crippen MR) is 78.4 cm³/mol. The number of carbonyl (C=O) groups excluding carboxylic acids is 1. The molecule has 2 rings (SSSR count). The number of carbonyl (C=O) groups is 1. The number of anilines is 1. The largest absolute Gasteiger partial charge is 0.296 e. The summed E-state index contributed by atoms with van der Waals surface area (Å²) in [5.41, 5.74) is 0.906. The summed E-state index contributed by atoms with van der Waals surface area (Å²) in [4.78, 5) is 18.0. The van der Waals surface area contributed by atoms with Crippen LogP contribution in [0, 0.1) is 5.92 Å². The summed E-state index contributed by atoms with van der Waals surface area (Å²) in [7, 11) is 1.66. The van der Waals surface area contributed by atoms with Gasteiger partial charge in [-0.2, -0.15) is 0 Å². The van der Waals surface area contributed by atoms with Crippen molar-refractivity contribution in [3.63, 3.8) is 0 Å². The fourth-order valence-corrected chi connectivity index (χ4v) is 3.63. The first kappa shape index (κ1) is 15.3. The Labute approximate surface area is 123 Å². The third-order valence-corrected chi connectivity index (χ3v) is 4.51. The van der Waals surface area contributed by atoms with Crippen LogP contribution < -0.4 is 4.90 Å². The molecule has 1 fully saturated rings. The summed E-state index contributed by atoms with van der Waals surface area (Å²) in [6, 6.07) is 5.54. The summed E-state index contributed by atoms with van der Waals surface area (Å²) < 4.78 is 22.2. The maximum Gasteiger partial charge on any atom is 0.232 e. The molecular weight excluding hydrogens is 300 g/mol. The van der Waals surface area contributed by atoms with Gasteiger partial charge in [0, 0.05) is 35.3 Å². The van der Waals surface area contributed by atoms with Crippen LogP contribution in [0.25, 0.3) is 0 Å². The van der Waals surface area contributed by atoms with Crippen LogP contribution in [0.3, 0.4) is 0 Å². The number of hydrogen-bond donors (Lipinski definition) is 0. The normalized spacial score (nSPS) is 19.9. The summed E-state index contributed by atoms with van der Waals surface area (Å²) in [5, 5.41) is 0. The highest BCUT2D eigenvalue weighted by molar-refractivity contribution is 8.13. The van der Waals surface area contributed by atoms with E-state index >= 15 is 0 Å². The third-order valence-electron chi connectivity index (χ3n) is 3.26. The van der Waals surface area contributed by atoms with Crippen molar-refractivity contribution >= 4 is 31.5 Å². The highest BCUT2D eigenvalue weighted by Crippen LogP contribution is 2.26. The van der Waals surface area contributed by atoms with Gasteiger partial charge in [0.2, 0.25) is 15.0 Å². The molecule has 0 spiro atoms. The van der Waals surface area contributed by atoms with Gasteiger partial charge in [-0.1, -0.05) is 19.9 Å². The summed E-state index contributed by atoms with van der Waals surface area (Å²) >= 11 is 0. The average molecular weight is 317 g/mol. The second-order valence-electron chi connectivity index (χ2n) is 5.36. The quantitative estimate of drug-likeness (QED) is 0.798. The van der Waals surface area contributed by atoms with Crippen molar-refractivity contribution in [2.45, 2.75) is 26.2 Å². The van der Waals surface area contributed by atoms with Crippen LogP contribution in [0.15, 0.2) is 18.2 Å². The number of nitrogens with zero attached hydrogens (tertiary/aromatic N) is 2. The van der Waals surface area contributed by atoms with E-state index in [-0.39, 0.29) is 29.9 Å². The van der Waals surface area contributed by atoms with Crippen LogP contribution >= 0.6 is 10.7 Å². The topological polar surface area (TPSA) is 67.3 Å². The summed E-state index contributed by atoms with van der Waals surface area (Å²) in [5.74, 6) is 0.293. The molecule has 1 aromatic rings. The monoisotopic (exact) mass is 316 g/mol. The van der Waals surface area contributed by atoms with Gasteiger partial charge in [-0.05, 0) is 18.1 Å². The first-order valence-electron chi connectivity index (χ1n) is 6.46. The molecule has 1 atom stereocenters. The molecule has 1 saturated heterocycles. The lowest BCUT2D eigenvalue weighted by Crippen LogP contribution is -2.26. The molecule has 110 valence electrons. The SMILES string of the molecule is CC(C)c1cccc(N2CC(CS(=O)(=O)Cl)CC2=O)n1. The molecule has 1 aliphatic rings. The molecule has 0 radical (unpaired) electrons. The number of halogens is 1.